The Morgan fingerprint density at radius 2 is 1.80 bits per heavy atom. The fraction of sp³-hybridized carbons (Fsp3) is 0.478. The number of carbonyl (C=O) groups excluding carboxylic acids is 2. The third-order valence-corrected chi connectivity index (χ3v) is 6.06. The van der Waals surface area contributed by atoms with E-state index < -0.39 is 0 Å². The highest BCUT2D eigenvalue weighted by Gasteiger charge is 2.32. The molecular formula is C23H29N5O2. The average Bonchev–Trinajstić information content (AvgIpc) is 2.74. The number of benzene rings is 1. The van der Waals surface area contributed by atoms with Crippen LogP contribution in [0.2, 0.25) is 0 Å². The van der Waals surface area contributed by atoms with Crippen LogP contribution in [-0.2, 0) is 16.0 Å². The number of anilines is 3. The summed E-state index contributed by atoms with van der Waals surface area (Å²) >= 11 is 0. The summed E-state index contributed by atoms with van der Waals surface area (Å²) in [5.41, 5.74) is 4.00. The van der Waals surface area contributed by atoms with Crippen LogP contribution in [0.15, 0.2) is 30.5 Å². The Morgan fingerprint density at radius 1 is 1.10 bits per heavy atom. The molecule has 158 valence electrons. The lowest BCUT2D eigenvalue weighted by Crippen LogP contribution is -2.48. The highest BCUT2D eigenvalue weighted by atomic mass is 16.2. The second-order valence-corrected chi connectivity index (χ2v) is 8.46. The minimum atomic E-state index is -0.145. The van der Waals surface area contributed by atoms with Gasteiger partial charge in [-0.25, -0.2) is 9.97 Å². The summed E-state index contributed by atoms with van der Waals surface area (Å²) in [5, 5.41) is 3.28. The first-order chi connectivity index (χ1) is 14.4. The average molecular weight is 408 g/mol. The van der Waals surface area contributed by atoms with Gasteiger partial charge in [-0.1, -0.05) is 13.8 Å². The van der Waals surface area contributed by atoms with Gasteiger partial charge in [0.15, 0.2) is 0 Å². The third-order valence-electron chi connectivity index (χ3n) is 6.06. The van der Waals surface area contributed by atoms with E-state index in [4.69, 9.17) is 4.98 Å². The number of carbonyl (C=O) groups is 2. The maximum absolute atomic E-state index is 12.4. The molecule has 1 fully saturated rings. The van der Waals surface area contributed by atoms with Crippen LogP contribution < -0.4 is 10.2 Å². The van der Waals surface area contributed by atoms with E-state index in [0.29, 0.717) is 12.4 Å². The molecule has 0 spiro atoms. The Labute approximate surface area is 177 Å². The van der Waals surface area contributed by atoms with Crippen LogP contribution >= 0.6 is 0 Å². The molecule has 1 N–H and O–H groups in total. The maximum Gasteiger partial charge on any atom is 0.227 e. The molecule has 1 saturated heterocycles. The molecule has 7 heteroatoms. The Bertz CT molecular complexity index is 933. The Kier molecular flexibility index (Phi) is 5.70. The molecule has 4 rings (SSSR count). The number of rotatable bonds is 4. The summed E-state index contributed by atoms with van der Waals surface area (Å²) in [6.45, 7) is 8.96. The van der Waals surface area contributed by atoms with Gasteiger partial charge in [0.05, 0.1) is 11.6 Å². The highest BCUT2D eigenvalue weighted by Crippen LogP contribution is 2.33. The van der Waals surface area contributed by atoms with E-state index in [2.05, 4.69) is 41.2 Å². The topological polar surface area (TPSA) is 78.4 Å². The molecule has 2 heterocycles. The molecule has 1 aromatic heterocycles. The van der Waals surface area contributed by atoms with Crippen LogP contribution in [0.3, 0.4) is 0 Å². The number of aromatic nitrogens is 2. The highest BCUT2D eigenvalue weighted by molar-refractivity contribution is 5.87. The number of nitrogens with zero attached hydrogens (tertiary/aromatic N) is 4. The molecule has 1 atom stereocenters. The number of fused-ring (bicyclic) bond motifs is 1. The predicted molar refractivity (Wildman–Crippen MR) is 117 cm³/mol. The molecule has 2 aliphatic rings. The number of nitrogens with one attached hydrogen (secondary N) is 1. The first kappa shape index (κ1) is 20.3. The standard InChI is InChI=1S/C23H29N5O2/c1-15(2)21-20(30)9-4-17-14-24-23(26-22(17)21)25-18-5-7-19(8-6-18)28-12-10-27(11-13-28)16(3)29/h5-8,14-15,21H,4,9-13H2,1-3H3,(H,24,25,26). The molecule has 0 radical (unpaired) electrons. The summed E-state index contributed by atoms with van der Waals surface area (Å²) in [6.07, 6.45) is 3.16. The monoisotopic (exact) mass is 407 g/mol. The fourth-order valence-electron chi connectivity index (χ4n) is 4.36. The van der Waals surface area contributed by atoms with Crippen LogP contribution in [0.1, 0.15) is 44.4 Å². The van der Waals surface area contributed by atoms with E-state index >= 15 is 0 Å². The Morgan fingerprint density at radius 3 is 2.43 bits per heavy atom. The lowest BCUT2D eigenvalue weighted by Gasteiger charge is -2.35. The molecular weight excluding hydrogens is 378 g/mol. The normalized spacial score (nSPS) is 19.1. The second kappa shape index (κ2) is 8.42. The molecule has 1 unspecified atom stereocenters. The van der Waals surface area contributed by atoms with Crippen LogP contribution in [0, 0.1) is 5.92 Å². The van der Waals surface area contributed by atoms with E-state index in [1.54, 1.807) is 6.92 Å². The summed E-state index contributed by atoms with van der Waals surface area (Å²) in [7, 11) is 0. The maximum atomic E-state index is 12.4. The number of piperazine rings is 1. The van der Waals surface area contributed by atoms with Crippen LogP contribution in [0.5, 0.6) is 0 Å². The number of hydrogen-bond donors (Lipinski definition) is 1. The van der Waals surface area contributed by atoms with Gasteiger partial charge in [0.25, 0.3) is 0 Å². The van der Waals surface area contributed by atoms with Gasteiger partial charge in [0, 0.05) is 57.1 Å². The van der Waals surface area contributed by atoms with E-state index in [9.17, 15) is 9.59 Å². The number of hydrogen-bond acceptors (Lipinski definition) is 6. The van der Waals surface area contributed by atoms with Crippen molar-refractivity contribution < 1.29 is 9.59 Å². The van der Waals surface area contributed by atoms with E-state index in [1.165, 1.54) is 0 Å². The van der Waals surface area contributed by atoms with Crippen LogP contribution in [-0.4, -0.2) is 52.7 Å². The molecule has 7 nitrogen and oxygen atoms in total. The largest absolute Gasteiger partial charge is 0.368 e. The second-order valence-electron chi connectivity index (χ2n) is 8.46. The Hall–Kier alpha value is -2.96. The molecule has 1 aromatic carbocycles. The van der Waals surface area contributed by atoms with Gasteiger partial charge in [-0.3, -0.25) is 9.59 Å². The van der Waals surface area contributed by atoms with Crippen molar-refractivity contribution in [1.82, 2.24) is 14.9 Å². The lowest BCUT2D eigenvalue weighted by molar-refractivity contribution is -0.129. The molecule has 0 saturated carbocycles. The SMILES string of the molecule is CC(=O)N1CCN(c2ccc(Nc3ncc4c(n3)C(C(C)C)C(=O)CC4)cc2)CC1. The summed E-state index contributed by atoms with van der Waals surface area (Å²) in [6, 6.07) is 8.18. The van der Waals surface area contributed by atoms with Crippen LogP contribution in [0.4, 0.5) is 17.3 Å². The van der Waals surface area contributed by atoms with E-state index in [1.807, 2.05) is 23.2 Å². The van der Waals surface area contributed by atoms with Crippen molar-refractivity contribution >= 4 is 29.0 Å². The zero-order valence-corrected chi connectivity index (χ0v) is 17.9. The van der Waals surface area contributed by atoms with Crippen molar-refractivity contribution in [1.29, 1.82) is 0 Å². The van der Waals surface area contributed by atoms with E-state index in [0.717, 1.165) is 55.2 Å². The van der Waals surface area contributed by atoms with Gasteiger partial charge in [-0.2, -0.15) is 0 Å². The van der Waals surface area contributed by atoms with Crippen LogP contribution in [0.25, 0.3) is 0 Å². The minimum absolute atomic E-state index is 0.139. The first-order valence-electron chi connectivity index (χ1n) is 10.7. The number of amides is 1. The van der Waals surface area contributed by atoms with Gasteiger partial charge in [-0.05, 0) is 42.2 Å². The molecule has 1 aliphatic carbocycles. The van der Waals surface area contributed by atoms with Crippen molar-refractivity contribution in [3.8, 4) is 0 Å². The lowest BCUT2D eigenvalue weighted by atomic mass is 9.79. The van der Waals surface area contributed by atoms with Gasteiger partial charge in [0.2, 0.25) is 11.9 Å². The number of ketones is 1. The fourth-order valence-corrected chi connectivity index (χ4v) is 4.36. The summed E-state index contributed by atoms with van der Waals surface area (Å²) in [4.78, 5) is 37.2. The molecule has 1 amide bonds. The Balaban J connectivity index is 1.45. The van der Waals surface area contributed by atoms with Gasteiger partial charge in [0.1, 0.15) is 5.78 Å². The number of Topliss-reactive ketones (excluding diaryl/α,β-unsaturated/α-hetero) is 1. The van der Waals surface area contributed by atoms with Gasteiger partial charge < -0.3 is 15.1 Å². The van der Waals surface area contributed by atoms with Gasteiger partial charge >= 0.3 is 0 Å². The van der Waals surface area contributed by atoms with E-state index in [-0.39, 0.29) is 23.5 Å². The minimum Gasteiger partial charge on any atom is -0.368 e. The first-order valence-corrected chi connectivity index (χ1v) is 10.7. The van der Waals surface area contributed by atoms with Crippen molar-refractivity contribution in [2.75, 3.05) is 36.4 Å². The molecule has 0 bridgehead atoms. The van der Waals surface area contributed by atoms with Crippen molar-refractivity contribution in [2.45, 2.75) is 39.5 Å². The zero-order chi connectivity index (χ0) is 21.3. The summed E-state index contributed by atoms with van der Waals surface area (Å²) in [5.74, 6) is 1.02. The van der Waals surface area contributed by atoms with Crippen molar-refractivity contribution in [3.63, 3.8) is 0 Å². The quantitative estimate of drug-likeness (QED) is 0.839. The van der Waals surface area contributed by atoms with Crippen molar-refractivity contribution in [3.05, 3.63) is 41.7 Å². The predicted octanol–water partition coefficient (Wildman–Crippen LogP) is 3.14. The third kappa shape index (κ3) is 4.15. The molecule has 1 aliphatic heterocycles. The van der Waals surface area contributed by atoms with Crippen molar-refractivity contribution in [2.24, 2.45) is 5.92 Å². The summed E-state index contributed by atoms with van der Waals surface area (Å²) < 4.78 is 0. The molecule has 2 aromatic rings. The molecule has 30 heavy (non-hydrogen) atoms. The number of aryl methyl sites for hydroxylation is 1. The smallest absolute Gasteiger partial charge is 0.227 e. The zero-order valence-electron chi connectivity index (χ0n) is 17.9. The van der Waals surface area contributed by atoms with Gasteiger partial charge in [-0.15, -0.1) is 0 Å².